The maximum Gasteiger partial charge on any atom is 0.175 e. The van der Waals surface area contributed by atoms with E-state index in [-0.39, 0.29) is 5.78 Å². The molecule has 0 aliphatic carbocycles. The van der Waals surface area contributed by atoms with Gasteiger partial charge in [-0.2, -0.15) is 11.8 Å². The van der Waals surface area contributed by atoms with E-state index in [9.17, 15) is 4.79 Å². The van der Waals surface area contributed by atoms with Crippen LogP contribution in [0.25, 0.3) is 10.9 Å². The molecule has 1 aromatic carbocycles. The number of ketones is 1. The highest BCUT2D eigenvalue weighted by Gasteiger charge is 2.37. The fourth-order valence-electron chi connectivity index (χ4n) is 4.18. The number of aromatic nitrogens is 1. The SMILES string of the molecule is CC.COc1cc2[nH]c(C(C)=O)cc2cc1OCCN1CCC2(CCSC2)CC1. The summed E-state index contributed by atoms with van der Waals surface area (Å²) in [4.78, 5) is 17.2. The van der Waals surface area contributed by atoms with Crippen molar-refractivity contribution in [1.29, 1.82) is 0 Å². The molecule has 2 fully saturated rings. The normalized spacial score (nSPS) is 18.5. The molecule has 2 saturated heterocycles. The number of piperidine rings is 1. The molecule has 2 aliphatic heterocycles. The standard InChI is InChI=1S/C21H28N2O3S.C2H6/c1-15(24)17-11-16-12-20(19(25-2)13-18(16)22-17)26-9-8-23-6-3-21(4-7-23)5-10-27-14-21;1-2/h11-13,22H,3-10,14H2,1-2H3;1-2H3. The highest BCUT2D eigenvalue weighted by molar-refractivity contribution is 7.99. The van der Waals surface area contributed by atoms with Crippen LogP contribution in [-0.2, 0) is 0 Å². The molecule has 2 aromatic rings. The van der Waals surface area contributed by atoms with Crippen LogP contribution in [0, 0.1) is 5.41 Å². The molecule has 0 unspecified atom stereocenters. The van der Waals surface area contributed by atoms with E-state index in [1.807, 2.05) is 32.0 Å². The van der Waals surface area contributed by atoms with Gasteiger partial charge in [-0.05, 0) is 61.4 Å². The minimum absolute atomic E-state index is 0.0242. The first-order chi connectivity index (χ1) is 14.1. The van der Waals surface area contributed by atoms with Crippen molar-refractivity contribution < 1.29 is 14.3 Å². The number of fused-ring (bicyclic) bond motifs is 1. The number of hydrogen-bond donors (Lipinski definition) is 1. The van der Waals surface area contributed by atoms with Gasteiger partial charge in [0.15, 0.2) is 17.3 Å². The lowest BCUT2D eigenvalue weighted by molar-refractivity contribution is 0.101. The molecule has 2 aliphatic rings. The smallest absolute Gasteiger partial charge is 0.175 e. The van der Waals surface area contributed by atoms with Crippen LogP contribution in [0.3, 0.4) is 0 Å². The quantitative estimate of drug-likeness (QED) is 0.669. The fourth-order valence-corrected chi connectivity index (χ4v) is 5.77. The van der Waals surface area contributed by atoms with Crippen molar-refractivity contribution in [3.05, 3.63) is 23.9 Å². The number of hydrogen-bond acceptors (Lipinski definition) is 5. The lowest BCUT2D eigenvalue weighted by Crippen LogP contribution is -2.41. The molecule has 3 heterocycles. The Morgan fingerprint density at radius 3 is 2.55 bits per heavy atom. The van der Waals surface area contributed by atoms with E-state index in [1.54, 1.807) is 14.0 Å². The van der Waals surface area contributed by atoms with Crippen molar-refractivity contribution in [2.75, 3.05) is 44.9 Å². The Hall–Kier alpha value is -1.66. The first kappa shape index (κ1) is 22.0. The Bertz CT molecular complexity index is 817. The van der Waals surface area contributed by atoms with Crippen LogP contribution in [-0.4, -0.2) is 60.5 Å². The van der Waals surface area contributed by atoms with E-state index in [0.29, 0.717) is 23.5 Å². The van der Waals surface area contributed by atoms with Crippen molar-refractivity contribution in [2.24, 2.45) is 5.41 Å². The molecule has 6 heteroatoms. The zero-order valence-electron chi connectivity index (χ0n) is 18.2. The number of likely N-dealkylation sites (tertiary alicyclic amines) is 1. The fraction of sp³-hybridized carbons (Fsp3) is 0.609. The van der Waals surface area contributed by atoms with Crippen LogP contribution in [0.1, 0.15) is 50.5 Å². The molecule has 0 radical (unpaired) electrons. The largest absolute Gasteiger partial charge is 0.493 e. The third-order valence-corrected chi connectivity index (χ3v) is 7.36. The van der Waals surface area contributed by atoms with Crippen molar-refractivity contribution in [3.63, 3.8) is 0 Å². The molecule has 1 spiro atoms. The van der Waals surface area contributed by atoms with E-state index in [2.05, 4.69) is 21.6 Å². The molecule has 5 nitrogen and oxygen atoms in total. The van der Waals surface area contributed by atoms with Crippen LogP contribution < -0.4 is 9.47 Å². The highest BCUT2D eigenvalue weighted by Crippen LogP contribution is 2.44. The molecule has 0 amide bonds. The number of nitrogens with one attached hydrogen (secondary N) is 1. The van der Waals surface area contributed by atoms with E-state index >= 15 is 0 Å². The molecular weight excluding hydrogens is 384 g/mol. The Balaban J connectivity index is 0.00000117. The average molecular weight is 419 g/mol. The molecule has 0 saturated carbocycles. The van der Waals surface area contributed by atoms with E-state index in [0.717, 1.165) is 23.2 Å². The maximum atomic E-state index is 11.6. The molecule has 4 rings (SSSR count). The number of carbonyl (C=O) groups is 1. The van der Waals surface area contributed by atoms with Gasteiger partial charge in [0.25, 0.3) is 0 Å². The average Bonchev–Trinajstić information content (AvgIpc) is 3.37. The first-order valence-electron chi connectivity index (χ1n) is 10.7. The number of thioether (sulfide) groups is 1. The molecule has 1 aromatic heterocycles. The predicted octanol–water partition coefficient (Wildman–Crippen LogP) is 5.00. The van der Waals surface area contributed by atoms with Gasteiger partial charge >= 0.3 is 0 Å². The summed E-state index contributed by atoms with van der Waals surface area (Å²) in [6.45, 7) is 9.51. The van der Waals surface area contributed by atoms with Crippen molar-refractivity contribution in [2.45, 2.75) is 40.0 Å². The molecule has 29 heavy (non-hydrogen) atoms. The number of ether oxygens (including phenoxy) is 2. The number of benzene rings is 1. The predicted molar refractivity (Wildman–Crippen MR) is 122 cm³/mol. The summed E-state index contributed by atoms with van der Waals surface area (Å²) < 4.78 is 11.5. The number of aromatic amines is 1. The second-order valence-electron chi connectivity index (χ2n) is 7.82. The second kappa shape index (κ2) is 9.90. The van der Waals surface area contributed by atoms with Gasteiger partial charge in [0.05, 0.1) is 12.8 Å². The van der Waals surface area contributed by atoms with Crippen molar-refractivity contribution in [3.8, 4) is 11.5 Å². The van der Waals surface area contributed by atoms with E-state index in [1.165, 1.54) is 43.9 Å². The van der Waals surface area contributed by atoms with Gasteiger partial charge in [0, 0.05) is 30.4 Å². The minimum atomic E-state index is 0.0242. The third-order valence-electron chi connectivity index (χ3n) is 6.05. The molecule has 1 N–H and O–H groups in total. The Morgan fingerprint density at radius 2 is 1.93 bits per heavy atom. The summed E-state index contributed by atoms with van der Waals surface area (Å²) in [5.41, 5.74) is 2.12. The second-order valence-corrected chi connectivity index (χ2v) is 8.93. The van der Waals surface area contributed by atoms with Gasteiger partial charge in [-0.15, -0.1) is 0 Å². The minimum Gasteiger partial charge on any atom is -0.493 e. The summed E-state index contributed by atoms with van der Waals surface area (Å²) in [6.07, 6.45) is 4.05. The van der Waals surface area contributed by atoms with Crippen LogP contribution >= 0.6 is 11.8 Å². The lowest BCUT2D eigenvalue weighted by atomic mass is 9.78. The summed E-state index contributed by atoms with van der Waals surface area (Å²) in [6, 6.07) is 5.73. The van der Waals surface area contributed by atoms with Crippen molar-refractivity contribution in [1.82, 2.24) is 9.88 Å². The lowest BCUT2D eigenvalue weighted by Gasteiger charge is -2.38. The van der Waals surface area contributed by atoms with Gasteiger partial charge < -0.3 is 14.5 Å². The number of nitrogens with zero attached hydrogens (tertiary/aromatic N) is 1. The van der Waals surface area contributed by atoms with Gasteiger partial charge in [-0.25, -0.2) is 0 Å². The van der Waals surface area contributed by atoms with Crippen LogP contribution in [0.4, 0.5) is 0 Å². The molecule has 0 bridgehead atoms. The number of Topliss-reactive ketones (excluding diaryl/α,β-unsaturated/α-hetero) is 1. The zero-order valence-corrected chi connectivity index (χ0v) is 19.0. The van der Waals surface area contributed by atoms with Crippen molar-refractivity contribution >= 4 is 28.4 Å². The highest BCUT2D eigenvalue weighted by atomic mass is 32.2. The summed E-state index contributed by atoms with van der Waals surface area (Å²) in [7, 11) is 1.65. The summed E-state index contributed by atoms with van der Waals surface area (Å²) in [5, 5.41) is 0.967. The number of H-pyrrole nitrogens is 1. The van der Waals surface area contributed by atoms with Crippen LogP contribution in [0.15, 0.2) is 18.2 Å². The maximum absolute atomic E-state index is 11.6. The monoisotopic (exact) mass is 418 g/mol. The zero-order chi connectivity index (χ0) is 20.9. The number of methoxy groups -OCH3 is 1. The number of rotatable bonds is 6. The van der Waals surface area contributed by atoms with Gasteiger partial charge in [0.1, 0.15) is 6.61 Å². The van der Waals surface area contributed by atoms with Gasteiger partial charge in [0.2, 0.25) is 0 Å². The Kier molecular flexibility index (Phi) is 7.52. The summed E-state index contributed by atoms with van der Waals surface area (Å²) >= 11 is 2.12. The molecule has 160 valence electrons. The van der Waals surface area contributed by atoms with Crippen LogP contribution in [0.2, 0.25) is 0 Å². The summed E-state index contributed by atoms with van der Waals surface area (Å²) in [5.74, 6) is 4.15. The Labute approximate surface area is 178 Å². The van der Waals surface area contributed by atoms with Gasteiger partial charge in [-0.3, -0.25) is 9.69 Å². The first-order valence-corrected chi connectivity index (χ1v) is 11.9. The van der Waals surface area contributed by atoms with Gasteiger partial charge in [-0.1, -0.05) is 13.8 Å². The third kappa shape index (κ3) is 5.10. The molecule has 0 atom stereocenters. The topological polar surface area (TPSA) is 54.6 Å². The Morgan fingerprint density at radius 1 is 1.17 bits per heavy atom. The number of carbonyl (C=O) groups excluding carboxylic acids is 1. The molecular formula is C23H34N2O3S. The van der Waals surface area contributed by atoms with E-state index in [4.69, 9.17) is 9.47 Å². The van der Waals surface area contributed by atoms with E-state index < -0.39 is 0 Å². The van der Waals surface area contributed by atoms with Crippen LogP contribution in [0.5, 0.6) is 11.5 Å².